The first kappa shape index (κ1) is 19.7. The Morgan fingerprint density at radius 2 is 1.97 bits per heavy atom. The molecule has 2 aliphatic heterocycles. The minimum Gasteiger partial charge on any atom is -0.465 e. The molecule has 2 N–H and O–H groups in total. The summed E-state index contributed by atoms with van der Waals surface area (Å²) in [5, 5.41) is 31.1. The smallest absolute Gasteiger partial charge is 0.407 e. The predicted molar refractivity (Wildman–Crippen MR) is 122 cm³/mol. The highest BCUT2D eigenvalue weighted by Crippen LogP contribution is 2.38. The summed E-state index contributed by atoms with van der Waals surface area (Å²) in [6.45, 7) is 0. The summed E-state index contributed by atoms with van der Waals surface area (Å²) in [5.41, 5.74) is 3.51. The average molecular weight is 444 g/mol. The molecule has 1 amide bonds. The molecule has 1 unspecified atom stereocenters. The van der Waals surface area contributed by atoms with E-state index in [0.717, 1.165) is 59.3 Å². The number of rotatable bonds is 4. The second kappa shape index (κ2) is 7.58. The molecular formula is C23H24N8O2. The van der Waals surface area contributed by atoms with Crippen molar-refractivity contribution in [3.8, 4) is 16.9 Å². The Morgan fingerprint density at radius 3 is 2.64 bits per heavy atom. The van der Waals surface area contributed by atoms with Crippen molar-refractivity contribution in [3.63, 3.8) is 0 Å². The van der Waals surface area contributed by atoms with Gasteiger partial charge in [0.1, 0.15) is 0 Å². The summed E-state index contributed by atoms with van der Waals surface area (Å²) >= 11 is 0. The van der Waals surface area contributed by atoms with Gasteiger partial charge in [0.05, 0.1) is 23.1 Å². The maximum atomic E-state index is 11.6. The molecule has 0 saturated carbocycles. The zero-order valence-electron chi connectivity index (χ0n) is 18.2. The van der Waals surface area contributed by atoms with Gasteiger partial charge in [0.25, 0.3) is 0 Å². The second-order valence-electron chi connectivity index (χ2n) is 8.83. The molecule has 2 bridgehead atoms. The van der Waals surface area contributed by atoms with Gasteiger partial charge in [0.2, 0.25) is 0 Å². The lowest BCUT2D eigenvalue weighted by Gasteiger charge is -2.41. The number of amides is 1. The molecule has 2 aliphatic rings. The van der Waals surface area contributed by atoms with E-state index in [0.29, 0.717) is 0 Å². The Bertz CT molecular complexity index is 1290. The summed E-state index contributed by atoms with van der Waals surface area (Å²) in [6.07, 6.45) is 8.19. The first-order valence-corrected chi connectivity index (χ1v) is 11.1. The lowest BCUT2D eigenvalue weighted by molar-refractivity contribution is 0.0965. The summed E-state index contributed by atoms with van der Waals surface area (Å²) < 4.78 is 1.81. The highest BCUT2D eigenvalue weighted by molar-refractivity contribution is 5.97. The van der Waals surface area contributed by atoms with Crippen LogP contribution in [0.5, 0.6) is 0 Å². The van der Waals surface area contributed by atoms with E-state index in [1.165, 1.54) is 0 Å². The maximum absolute atomic E-state index is 11.6. The number of carbonyl (C=O) groups is 1. The molecule has 0 radical (unpaired) electrons. The molecule has 0 spiro atoms. The van der Waals surface area contributed by atoms with Crippen molar-refractivity contribution in [1.29, 1.82) is 0 Å². The van der Waals surface area contributed by atoms with Gasteiger partial charge in [0, 0.05) is 48.5 Å². The minimum atomic E-state index is -0.795. The molecule has 3 aromatic heterocycles. The number of hydrogen-bond acceptors (Lipinski definition) is 6. The Kier molecular flexibility index (Phi) is 4.53. The van der Waals surface area contributed by atoms with Gasteiger partial charge in [-0.05, 0) is 56.0 Å². The van der Waals surface area contributed by atoms with E-state index in [2.05, 4.69) is 30.4 Å². The zero-order chi connectivity index (χ0) is 22.5. The molecular weight excluding hydrogens is 420 g/mol. The number of anilines is 1. The minimum absolute atomic E-state index is 0.0999. The van der Waals surface area contributed by atoms with Crippen molar-refractivity contribution >= 4 is 22.8 Å². The Morgan fingerprint density at radius 1 is 1.15 bits per heavy atom. The van der Waals surface area contributed by atoms with Crippen molar-refractivity contribution < 1.29 is 9.90 Å². The predicted octanol–water partition coefficient (Wildman–Crippen LogP) is 3.32. The van der Waals surface area contributed by atoms with Crippen molar-refractivity contribution in [2.45, 2.75) is 43.8 Å². The number of H-pyrrole nitrogens is 1. The molecule has 2 saturated heterocycles. The molecule has 1 aromatic carbocycles. The van der Waals surface area contributed by atoms with E-state index < -0.39 is 6.09 Å². The lowest BCUT2D eigenvalue weighted by atomic mass is 9.96. The molecule has 2 fully saturated rings. The first-order chi connectivity index (χ1) is 16.1. The number of piperidine rings is 1. The number of carboxylic acid groups (broad SMARTS) is 1. The van der Waals surface area contributed by atoms with Crippen LogP contribution in [0.3, 0.4) is 0 Å². The van der Waals surface area contributed by atoms with Crippen molar-refractivity contribution in [1.82, 2.24) is 35.1 Å². The number of nitrogens with zero attached hydrogens (tertiary/aromatic N) is 7. The van der Waals surface area contributed by atoms with E-state index in [1.54, 1.807) is 17.3 Å². The monoisotopic (exact) mass is 444 g/mol. The molecule has 0 aliphatic carbocycles. The van der Waals surface area contributed by atoms with Crippen LogP contribution in [0.25, 0.3) is 27.8 Å². The summed E-state index contributed by atoms with van der Waals surface area (Å²) in [7, 11) is 2.02. The normalized spacial score (nSPS) is 22.1. The van der Waals surface area contributed by atoms with Gasteiger partial charge in [-0.25, -0.2) is 9.48 Å². The molecule has 3 atom stereocenters. The van der Waals surface area contributed by atoms with Gasteiger partial charge < -0.3 is 14.9 Å². The molecule has 6 rings (SSSR count). The number of hydrogen-bond donors (Lipinski definition) is 2. The van der Waals surface area contributed by atoms with E-state index in [4.69, 9.17) is 0 Å². The van der Waals surface area contributed by atoms with Crippen LogP contribution in [0.15, 0.2) is 48.9 Å². The molecule has 10 nitrogen and oxygen atoms in total. The van der Waals surface area contributed by atoms with Gasteiger partial charge in [-0.1, -0.05) is 0 Å². The number of fused-ring (bicyclic) bond motifs is 3. The van der Waals surface area contributed by atoms with Crippen LogP contribution >= 0.6 is 0 Å². The van der Waals surface area contributed by atoms with Crippen LogP contribution in [0.4, 0.5) is 10.6 Å². The molecule has 5 heterocycles. The zero-order valence-corrected chi connectivity index (χ0v) is 18.2. The lowest BCUT2D eigenvalue weighted by Crippen LogP contribution is -2.51. The molecule has 168 valence electrons. The fraction of sp³-hybridized carbons (Fsp3) is 0.348. The fourth-order valence-electron chi connectivity index (χ4n) is 5.47. The van der Waals surface area contributed by atoms with Crippen molar-refractivity contribution in [2.24, 2.45) is 0 Å². The summed E-state index contributed by atoms with van der Waals surface area (Å²) in [6, 6.07) is 10.3. The quantitative estimate of drug-likeness (QED) is 0.496. The van der Waals surface area contributed by atoms with Crippen LogP contribution in [-0.4, -0.2) is 71.4 Å². The SMILES string of the molecule is CN(c1ccc(-c2ccc(-n3cccn3)c3cn[nH]c23)nn1)C1C[C@H]2CC[C@@H](C1)N2C(=O)O. The van der Waals surface area contributed by atoms with Crippen molar-refractivity contribution in [3.05, 3.63) is 48.9 Å². The topological polar surface area (TPSA) is 116 Å². The molecule has 33 heavy (non-hydrogen) atoms. The third-order valence-electron chi connectivity index (χ3n) is 7.11. The van der Waals surface area contributed by atoms with E-state index in [9.17, 15) is 9.90 Å². The fourth-order valence-corrected chi connectivity index (χ4v) is 5.47. The number of benzene rings is 1. The number of aromatic nitrogens is 6. The van der Waals surface area contributed by atoms with Crippen LogP contribution in [0, 0.1) is 0 Å². The largest absolute Gasteiger partial charge is 0.465 e. The van der Waals surface area contributed by atoms with Crippen LogP contribution in [0.1, 0.15) is 25.7 Å². The van der Waals surface area contributed by atoms with Crippen LogP contribution in [0.2, 0.25) is 0 Å². The van der Waals surface area contributed by atoms with Crippen molar-refractivity contribution in [2.75, 3.05) is 11.9 Å². The molecule has 10 heteroatoms. The van der Waals surface area contributed by atoms with Crippen LogP contribution < -0.4 is 4.90 Å². The Hall–Kier alpha value is -3.95. The second-order valence-corrected chi connectivity index (χ2v) is 8.83. The third-order valence-corrected chi connectivity index (χ3v) is 7.11. The van der Waals surface area contributed by atoms with E-state index in [1.807, 2.05) is 48.3 Å². The highest BCUT2D eigenvalue weighted by Gasteiger charge is 2.44. The van der Waals surface area contributed by atoms with Crippen LogP contribution in [-0.2, 0) is 0 Å². The summed E-state index contributed by atoms with van der Waals surface area (Å²) in [4.78, 5) is 15.4. The number of aromatic amines is 1. The van der Waals surface area contributed by atoms with E-state index in [-0.39, 0.29) is 18.1 Å². The van der Waals surface area contributed by atoms with Gasteiger partial charge in [0.15, 0.2) is 5.82 Å². The standard InChI is InChI=1S/C23H24N8O2/c1-29(16-11-14-3-4-15(12-16)31(14)23(32)33)21-8-6-19(26-27-21)17-5-7-20(30-10-2-9-25-30)18-13-24-28-22(17)18/h2,5-10,13-16H,3-4,11-12H2,1H3,(H,24,28)(H,32,33)/t14-,15+,16?. The van der Waals surface area contributed by atoms with Gasteiger partial charge in [-0.15, -0.1) is 10.2 Å². The van der Waals surface area contributed by atoms with Gasteiger partial charge in [-0.3, -0.25) is 5.10 Å². The highest BCUT2D eigenvalue weighted by atomic mass is 16.4. The average Bonchev–Trinajstić information content (AvgIpc) is 3.58. The maximum Gasteiger partial charge on any atom is 0.407 e. The number of nitrogens with one attached hydrogen (secondary N) is 1. The summed E-state index contributed by atoms with van der Waals surface area (Å²) in [5.74, 6) is 0.793. The molecule has 4 aromatic rings. The Balaban J connectivity index is 1.25. The van der Waals surface area contributed by atoms with Gasteiger partial charge >= 0.3 is 6.09 Å². The van der Waals surface area contributed by atoms with Gasteiger partial charge in [-0.2, -0.15) is 10.2 Å². The van der Waals surface area contributed by atoms with E-state index >= 15 is 0 Å². The third kappa shape index (κ3) is 3.21. The Labute approximate surface area is 189 Å². The first-order valence-electron chi connectivity index (χ1n) is 11.1.